The van der Waals surface area contributed by atoms with Gasteiger partial charge in [0.05, 0.1) is 11.7 Å². The molecule has 0 amide bonds. The molecule has 4 aliphatic rings. The van der Waals surface area contributed by atoms with E-state index in [0.29, 0.717) is 11.5 Å². The summed E-state index contributed by atoms with van der Waals surface area (Å²) in [6, 6.07) is 0. The Morgan fingerprint density at radius 1 is 1.14 bits per heavy atom. The molecule has 1 saturated heterocycles. The molecule has 6 atom stereocenters. The van der Waals surface area contributed by atoms with Crippen LogP contribution < -0.4 is 0 Å². The first-order valence-corrected chi connectivity index (χ1v) is 18.3. The smallest absolute Gasteiger partial charge is 0.414 e. The monoisotopic (exact) mass is 512 g/mol. The van der Waals surface area contributed by atoms with E-state index in [1.54, 1.807) is 5.57 Å². The van der Waals surface area contributed by atoms with Gasteiger partial charge in [-0.25, -0.2) is 0 Å². The van der Waals surface area contributed by atoms with Gasteiger partial charge in [-0.1, -0.05) is 43.7 Å². The Morgan fingerprint density at radius 2 is 1.89 bits per heavy atom. The average molecular weight is 513 g/mol. The normalized spacial score (nSPS) is 38.1. The predicted octanol–water partition coefficient (Wildman–Crippen LogP) is 8.74. The van der Waals surface area contributed by atoms with Crippen molar-refractivity contribution in [3.63, 3.8) is 0 Å². The second-order valence-electron chi connectivity index (χ2n) is 14.2. The van der Waals surface area contributed by atoms with Gasteiger partial charge in [0, 0.05) is 6.10 Å². The summed E-state index contributed by atoms with van der Waals surface area (Å²) in [6.07, 6.45) is 17.8. The van der Waals surface area contributed by atoms with Crippen molar-refractivity contribution >= 4 is 15.4 Å². The number of hydrogen-bond acceptors (Lipinski definition) is 3. The lowest BCUT2D eigenvalue weighted by molar-refractivity contribution is 0.0510. The molecule has 0 bridgehead atoms. The Labute approximate surface area is 223 Å². The summed E-state index contributed by atoms with van der Waals surface area (Å²) < 4.78 is 18.6. The second-order valence-corrected chi connectivity index (χ2v) is 18.7. The second kappa shape index (κ2) is 10.9. The lowest BCUT2D eigenvalue weighted by Crippen LogP contribution is -2.37. The minimum absolute atomic E-state index is 0.0773. The van der Waals surface area contributed by atoms with Gasteiger partial charge in [0.2, 0.25) is 0 Å². The molecule has 36 heavy (non-hydrogen) atoms. The molecule has 1 aliphatic heterocycles. The first kappa shape index (κ1) is 28.4. The minimum atomic E-state index is -1.51. The van der Waals surface area contributed by atoms with Crippen LogP contribution in [0.5, 0.6) is 0 Å². The highest BCUT2D eigenvalue weighted by Crippen LogP contribution is 2.60. The molecule has 0 N–H and O–H groups in total. The minimum Gasteiger partial charge on any atom is -0.414 e. The molecule has 0 aromatic rings. The summed E-state index contributed by atoms with van der Waals surface area (Å²) in [6.45, 7) is 22.9. The Bertz CT molecular complexity index is 872. The molecular weight excluding hydrogens is 459 g/mol. The maximum absolute atomic E-state index is 6.47. The number of rotatable bonds is 7. The first-order chi connectivity index (χ1) is 16.8. The Balaban J connectivity index is 1.42. The van der Waals surface area contributed by atoms with Crippen LogP contribution in [0.1, 0.15) is 91.9 Å². The van der Waals surface area contributed by atoms with E-state index in [1.165, 1.54) is 49.7 Å². The van der Waals surface area contributed by atoms with Crippen LogP contribution in [0.25, 0.3) is 0 Å². The highest BCUT2D eigenvalue weighted by molar-refractivity contribution is 6.69. The van der Waals surface area contributed by atoms with Crippen molar-refractivity contribution < 1.29 is 13.7 Å². The summed E-state index contributed by atoms with van der Waals surface area (Å²) in [4.78, 5) is 0. The summed E-state index contributed by atoms with van der Waals surface area (Å²) in [5.74, 6) is 2.27. The largest absolute Gasteiger partial charge is 0.454 e. The van der Waals surface area contributed by atoms with Crippen LogP contribution in [0.4, 0.5) is 0 Å². The fourth-order valence-electron chi connectivity index (χ4n) is 8.15. The van der Waals surface area contributed by atoms with E-state index in [-0.39, 0.29) is 18.8 Å². The molecule has 0 spiro atoms. The third-order valence-electron chi connectivity index (χ3n) is 9.90. The molecule has 3 saturated carbocycles. The quantitative estimate of drug-likeness (QED) is 0.319. The molecule has 0 radical (unpaired) electrons. The fraction of sp³-hybridized carbons (Fsp3) is 0.806. The molecule has 0 aromatic heterocycles. The van der Waals surface area contributed by atoms with Gasteiger partial charge in [0.1, 0.15) is 0 Å². The lowest BCUT2D eigenvalue weighted by Gasteiger charge is -2.44. The Morgan fingerprint density at radius 3 is 2.56 bits per heavy atom. The van der Waals surface area contributed by atoms with Crippen molar-refractivity contribution in [1.82, 2.24) is 0 Å². The lowest BCUT2D eigenvalue weighted by atomic mass is 9.60. The first-order valence-electron chi connectivity index (χ1n) is 14.9. The number of hydrogen-bond donors (Lipinski definition) is 0. The summed E-state index contributed by atoms with van der Waals surface area (Å²) in [5, 5.41) is 0. The predicted molar refractivity (Wildman–Crippen MR) is 156 cm³/mol. The van der Waals surface area contributed by atoms with Gasteiger partial charge in [-0.2, -0.15) is 0 Å². The van der Waals surface area contributed by atoms with Gasteiger partial charge in [0.15, 0.2) is 8.32 Å². The third-order valence-corrected chi connectivity index (χ3v) is 10.9. The van der Waals surface area contributed by atoms with Crippen LogP contribution in [0, 0.1) is 23.2 Å². The molecule has 3 nitrogen and oxygen atoms in total. The summed E-state index contributed by atoms with van der Waals surface area (Å²) >= 11 is 0. The van der Waals surface area contributed by atoms with Crippen molar-refractivity contribution in [2.45, 2.75) is 136 Å². The maximum Gasteiger partial charge on any atom is 0.454 e. The fourth-order valence-corrected chi connectivity index (χ4v) is 9.35. The molecule has 4 fully saturated rings. The molecule has 1 heterocycles. The molecular formula is C31H53BO3Si. The summed E-state index contributed by atoms with van der Waals surface area (Å²) in [5.41, 5.74) is 4.73. The van der Waals surface area contributed by atoms with Crippen LogP contribution in [0.3, 0.4) is 0 Å². The van der Waals surface area contributed by atoms with Crippen molar-refractivity contribution in [3.05, 3.63) is 35.5 Å². The van der Waals surface area contributed by atoms with Crippen LogP contribution >= 0.6 is 0 Å². The zero-order valence-electron chi connectivity index (χ0n) is 24.6. The Kier molecular flexibility index (Phi) is 8.57. The van der Waals surface area contributed by atoms with Gasteiger partial charge < -0.3 is 13.7 Å². The molecule has 202 valence electrons. The number of allylic oxidation sites excluding steroid dienone is 4. The van der Waals surface area contributed by atoms with Crippen LogP contribution in [-0.2, 0) is 13.7 Å². The van der Waals surface area contributed by atoms with E-state index in [2.05, 4.69) is 66.1 Å². The average Bonchev–Trinajstić information content (AvgIpc) is 3.25. The molecule has 2 unspecified atom stereocenters. The third kappa shape index (κ3) is 6.33. The molecule has 3 aliphatic carbocycles. The highest BCUT2D eigenvalue weighted by atomic mass is 28.4. The van der Waals surface area contributed by atoms with Crippen molar-refractivity contribution in [2.24, 2.45) is 23.2 Å². The van der Waals surface area contributed by atoms with E-state index < -0.39 is 8.32 Å². The zero-order valence-corrected chi connectivity index (χ0v) is 25.6. The van der Waals surface area contributed by atoms with E-state index in [1.807, 2.05) is 6.82 Å². The van der Waals surface area contributed by atoms with Crippen LogP contribution in [-0.4, -0.2) is 33.2 Å². The van der Waals surface area contributed by atoms with Gasteiger partial charge in [-0.05, 0) is 133 Å². The van der Waals surface area contributed by atoms with Crippen LogP contribution in [0.15, 0.2) is 35.5 Å². The highest BCUT2D eigenvalue weighted by Gasteiger charge is 2.51. The maximum atomic E-state index is 6.47. The molecule has 0 aromatic carbocycles. The van der Waals surface area contributed by atoms with E-state index in [4.69, 9.17) is 13.7 Å². The zero-order chi connectivity index (χ0) is 26.3. The van der Waals surface area contributed by atoms with Crippen molar-refractivity contribution in [3.8, 4) is 0 Å². The van der Waals surface area contributed by atoms with Crippen molar-refractivity contribution in [2.75, 3.05) is 0 Å². The SMILES string of the molecule is C=C1CC[C@H](O[Si](C)(C)C)C/C1=C/C=C1\CCC[C@@]2(C)C1CC[C@@H]2C(C)CC[C@H]1OB(C)OC1(C)C. The van der Waals surface area contributed by atoms with Crippen molar-refractivity contribution in [1.29, 1.82) is 0 Å². The van der Waals surface area contributed by atoms with E-state index >= 15 is 0 Å². The van der Waals surface area contributed by atoms with Gasteiger partial charge in [0.25, 0.3) is 0 Å². The van der Waals surface area contributed by atoms with Crippen LogP contribution in [0.2, 0.25) is 26.5 Å². The van der Waals surface area contributed by atoms with Gasteiger partial charge in [-0.3, -0.25) is 0 Å². The van der Waals surface area contributed by atoms with Gasteiger partial charge in [-0.15, -0.1) is 0 Å². The molecule has 5 heteroatoms. The molecule has 4 rings (SSSR count). The summed E-state index contributed by atoms with van der Waals surface area (Å²) in [7, 11) is -1.59. The van der Waals surface area contributed by atoms with E-state index in [0.717, 1.165) is 43.4 Å². The topological polar surface area (TPSA) is 27.7 Å². The Hall–Kier alpha value is -0.618. The van der Waals surface area contributed by atoms with E-state index in [9.17, 15) is 0 Å². The standard InChI is InChI=1S/C31H53BO3Si/c1-22-12-16-26(34-36(7,8)9)21-25(22)15-14-24-11-10-20-31(5)27(17-18-28(24)31)23(2)13-19-29-30(3,4)35-32(6)33-29/h14-15,23,26-29H,1,10-13,16-21H2,2-9H3/b24-14+,25-15-/t23?,26-,27+,28?,29+,31+/m0/s1. The van der Waals surface area contributed by atoms with Gasteiger partial charge >= 0.3 is 7.12 Å². The number of fused-ring (bicyclic) bond motifs is 1.